The van der Waals surface area contributed by atoms with Crippen LogP contribution in [0.1, 0.15) is 141 Å². The van der Waals surface area contributed by atoms with Crippen LogP contribution in [0.4, 0.5) is 9.59 Å². The zero-order chi connectivity index (χ0) is 43.5. The molecule has 4 aliphatic heterocycles. The van der Waals surface area contributed by atoms with Crippen LogP contribution in [-0.4, -0.2) is 111 Å². The van der Waals surface area contributed by atoms with Gasteiger partial charge in [0.15, 0.2) is 0 Å². The largest absolute Gasteiger partial charge is 0.454 e. The van der Waals surface area contributed by atoms with Gasteiger partial charge in [0.25, 0.3) is 0 Å². The minimum absolute atomic E-state index is 0.168. The van der Waals surface area contributed by atoms with Crippen LogP contribution in [0.25, 0.3) is 0 Å². The van der Waals surface area contributed by atoms with Gasteiger partial charge in [-0.05, 0) is 181 Å². The highest BCUT2D eigenvalue weighted by molar-refractivity contribution is 9.10. The van der Waals surface area contributed by atoms with E-state index in [-0.39, 0.29) is 29.1 Å². The molecule has 10 nitrogen and oxygen atoms in total. The van der Waals surface area contributed by atoms with E-state index >= 15 is 0 Å². The van der Waals surface area contributed by atoms with Crippen molar-refractivity contribution in [3.63, 3.8) is 0 Å². The molecule has 2 saturated carbocycles. The number of nitrogens with zero attached hydrogens (tertiary/aromatic N) is 4. The van der Waals surface area contributed by atoms with Crippen LogP contribution in [0.15, 0.2) is 40.9 Å². The molecule has 6 aliphatic rings. The van der Waals surface area contributed by atoms with Crippen molar-refractivity contribution in [3.8, 4) is 0 Å². The number of likely N-dealkylation sites (tertiary alicyclic amines) is 4. The first kappa shape index (κ1) is 47.4. The van der Waals surface area contributed by atoms with E-state index in [1.165, 1.54) is 55.2 Å². The lowest BCUT2D eigenvalue weighted by molar-refractivity contribution is 0.000721. The van der Waals surface area contributed by atoms with Gasteiger partial charge in [-0.1, -0.05) is 54.2 Å². The molecular weight excluding hydrogens is 866 g/mol. The van der Waals surface area contributed by atoms with Crippen molar-refractivity contribution < 1.29 is 29.1 Å². The van der Waals surface area contributed by atoms with Crippen molar-refractivity contribution >= 4 is 58.4 Å². The number of rotatable bonds is 6. The molecule has 14 heteroatoms. The number of hydrogen-bond donors (Lipinski definition) is 2. The average molecular weight is 935 g/mol. The molecule has 60 heavy (non-hydrogen) atoms. The summed E-state index contributed by atoms with van der Waals surface area (Å²) in [7, 11) is -1.04. The summed E-state index contributed by atoms with van der Waals surface area (Å²) < 4.78 is 12.0. The summed E-state index contributed by atoms with van der Waals surface area (Å²) in [6.07, 6.45) is 13.2. The van der Waals surface area contributed by atoms with Gasteiger partial charge in [-0.3, -0.25) is 9.80 Å². The van der Waals surface area contributed by atoms with Gasteiger partial charge in [0.2, 0.25) is 0 Å². The highest BCUT2D eigenvalue weighted by Gasteiger charge is 2.45. The van der Waals surface area contributed by atoms with Gasteiger partial charge < -0.3 is 29.3 Å². The van der Waals surface area contributed by atoms with Crippen molar-refractivity contribution in [3.05, 3.63) is 67.6 Å². The van der Waals surface area contributed by atoms with Crippen molar-refractivity contribution in [2.45, 2.75) is 166 Å². The average Bonchev–Trinajstić information content (AvgIpc) is 4.12. The third kappa shape index (κ3) is 13.0. The fourth-order valence-corrected chi connectivity index (χ4v) is 10.2. The van der Waals surface area contributed by atoms with Crippen LogP contribution < -0.4 is 0 Å². The second-order valence-corrected chi connectivity index (χ2v) is 21.7. The molecule has 0 radical (unpaired) electrons. The maximum atomic E-state index is 12.4. The molecule has 0 bridgehead atoms. The van der Waals surface area contributed by atoms with Gasteiger partial charge in [0.05, 0.1) is 5.02 Å². The summed E-state index contributed by atoms with van der Waals surface area (Å²) in [5.74, 6) is 0.891. The minimum Gasteiger partial charge on any atom is -0.444 e. The molecule has 8 rings (SSSR count). The normalized spacial score (nSPS) is 21.6. The third-order valence-electron chi connectivity index (χ3n) is 13.0. The number of carbonyl (C=O) groups excluding carboxylic acids is 2. The van der Waals surface area contributed by atoms with E-state index in [2.05, 4.69) is 56.1 Å². The molecule has 2 amide bonds. The number of benzene rings is 2. The fourth-order valence-electron chi connectivity index (χ4n) is 9.35. The molecule has 4 heterocycles. The smallest absolute Gasteiger partial charge is 0.444 e. The van der Waals surface area contributed by atoms with Gasteiger partial charge in [-0.25, -0.2) is 9.59 Å². The molecular formula is C46H68BBrCl2N4O6. The van der Waals surface area contributed by atoms with Crippen molar-refractivity contribution in [1.29, 1.82) is 0 Å². The zero-order valence-corrected chi connectivity index (χ0v) is 39.9. The Morgan fingerprint density at radius 1 is 0.683 bits per heavy atom. The number of hydrogen-bond acceptors (Lipinski definition) is 8. The third-order valence-corrected chi connectivity index (χ3v) is 14.6. The van der Waals surface area contributed by atoms with Gasteiger partial charge in [0, 0.05) is 59.8 Å². The quantitative estimate of drug-likeness (QED) is 0.276. The molecule has 0 aromatic heterocycles. The molecule has 332 valence electrons. The van der Waals surface area contributed by atoms with Crippen LogP contribution in [0, 0.1) is 0 Å². The first-order valence-corrected chi connectivity index (χ1v) is 23.8. The summed E-state index contributed by atoms with van der Waals surface area (Å²) in [5, 5.41) is 18.2. The second-order valence-electron chi connectivity index (χ2n) is 20.1. The zero-order valence-electron chi connectivity index (χ0n) is 36.8. The number of halogens is 3. The number of piperidine rings is 2. The Morgan fingerprint density at radius 2 is 1.12 bits per heavy atom. The van der Waals surface area contributed by atoms with Gasteiger partial charge in [-0.15, -0.1) is 0 Å². The molecule has 0 atom stereocenters. The van der Waals surface area contributed by atoms with Gasteiger partial charge in [-0.2, -0.15) is 0 Å². The summed E-state index contributed by atoms with van der Waals surface area (Å²) in [6, 6.07) is 12.8. The van der Waals surface area contributed by atoms with E-state index in [0.717, 1.165) is 105 Å². The predicted octanol–water partition coefficient (Wildman–Crippen LogP) is 10.7. The SMILES string of the molecule is CC(C)(C)OC(=O)N1CCC2(CCCN2Cc2ccc(Cl)c(Br)c2)CC1.CC(C)(C)OC(=O)N1CCC2(CCCN2Cc2ccc(Cl)c(C3CC3)c2)CC1.OB(O)C1CC1. The Morgan fingerprint density at radius 3 is 1.48 bits per heavy atom. The van der Waals surface area contributed by atoms with E-state index in [4.69, 9.17) is 42.7 Å². The lowest BCUT2D eigenvalue weighted by atomic mass is 9.84. The Balaban J connectivity index is 0.000000177. The van der Waals surface area contributed by atoms with E-state index in [1.54, 1.807) is 0 Å². The lowest BCUT2D eigenvalue weighted by Gasteiger charge is -2.45. The van der Waals surface area contributed by atoms with Gasteiger partial charge >= 0.3 is 19.3 Å². The molecule has 2 aromatic carbocycles. The van der Waals surface area contributed by atoms with E-state index < -0.39 is 18.3 Å². The Bertz CT molecular complexity index is 1780. The summed E-state index contributed by atoms with van der Waals surface area (Å²) >= 11 is 16.1. The van der Waals surface area contributed by atoms with E-state index in [9.17, 15) is 9.59 Å². The van der Waals surface area contributed by atoms with Crippen molar-refractivity contribution in [1.82, 2.24) is 19.6 Å². The molecule has 2 aromatic rings. The summed E-state index contributed by atoms with van der Waals surface area (Å²) in [4.78, 5) is 33.8. The Labute approximate surface area is 377 Å². The molecule has 2 aliphatic carbocycles. The van der Waals surface area contributed by atoms with Crippen LogP contribution in [0.5, 0.6) is 0 Å². The van der Waals surface area contributed by atoms with Crippen LogP contribution in [-0.2, 0) is 22.6 Å². The number of amides is 2. The highest BCUT2D eigenvalue weighted by Crippen LogP contribution is 2.45. The maximum Gasteiger partial charge on any atom is 0.454 e. The Kier molecular flexibility index (Phi) is 15.6. The lowest BCUT2D eigenvalue weighted by Crippen LogP contribution is -2.53. The molecule has 0 unspecified atom stereocenters. The van der Waals surface area contributed by atoms with Crippen LogP contribution in [0.3, 0.4) is 0 Å². The van der Waals surface area contributed by atoms with Crippen LogP contribution >= 0.6 is 39.1 Å². The summed E-state index contributed by atoms with van der Waals surface area (Å²) in [6.45, 7) is 18.8. The fraction of sp³-hybridized carbons (Fsp3) is 0.696. The first-order chi connectivity index (χ1) is 28.2. The van der Waals surface area contributed by atoms with Crippen molar-refractivity contribution in [2.75, 3.05) is 39.3 Å². The molecule has 6 fully saturated rings. The number of carbonyl (C=O) groups is 2. The standard InChI is InChI=1S/C23H33ClN2O2.C20H28BrClN2O2.C3H7BO2/c1-22(2,3)28-21(27)25-13-10-23(11-14-25)9-4-12-26(23)16-17-5-8-20(24)19(15-17)18-6-7-18;1-19(2,3)26-18(25)23-11-8-20(9-12-23)7-4-10-24(20)14-15-5-6-17(22)16(21)13-15;5-4(6)3-1-2-3/h5,8,15,18H,4,6-7,9-14,16H2,1-3H3;5-6,13H,4,7-12,14H2,1-3H3;3,5-6H,1-2H2. The first-order valence-electron chi connectivity index (χ1n) is 22.3. The monoisotopic (exact) mass is 932 g/mol. The van der Waals surface area contributed by atoms with E-state index in [0.29, 0.717) is 5.92 Å². The molecule has 2 N–H and O–H groups in total. The highest BCUT2D eigenvalue weighted by atomic mass is 79.9. The number of ether oxygens (including phenoxy) is 2. The molecule has 2 spiro atoms. The Hall–Kier alpha value is -2.06. The molecule has 4 saturated heterocycles. The topological polar surface area (TPSA) is 106 Å². The minimum atomic E-state index is -1.04. The van der Waals surface area contributed by atoms with Gasteiger partial charge in [0.1, 0.15) is 11.2 Å². The predicted molar refractivity (Wildman–Crippen MR) is 245 cm³/mol. The van der Waals surface area contributed by atoms with Crippen LogP contribution in [0.2, 0.25) is 15.9 Å². The maximum absolute atomic E-state index is 12.4. The second kappa shape index (κ2) is 19.8. The van der Waals surface area contributed by atoms with E-state index in [1.807, 2.05) is 57.4 Å². The van der Waals surface area contributed by atoms with Crippen molar-refractivity contribution in [2.24, 2.45) is 0 Å². The summed E-state index contributed by atoms with van der Waals surface area (Å²) in [5.41, 5.74) is 3.57.